The topological polar surface area (TPSA) is 63.8 Å². The SMILES string of the molecule is NNC(c1ccnc(Cl)c1)C1CCCc2cccnc21. The number of hydrazine groups is 1. The van der Waals surface area contributed by atoms with Gasteiger partial charge in [0.05, 0.1) is 6.04 Å². The molecule has 2 atom stereocenters. The molecule has 2 unspecified atom stereocenters. The zero-order valence-electron chi connectivity index (χ0n) is 11.1. The number of rotatable bonds is 3. The largest absolute Gasteiger partial charge is 0.271 e. The molecule has 0 amide bonds. The Bertz CT molecular complexity index is 602. The molecule has 0 aliphatic heterocycles. The Morgan fingerprint density at radius 2 is 2.20 bits per heavy atom. The van der Waals surface area contributed by atoms with Crippen LogP contribution >= 0.6 is 11.6 Å². The lowest BCUT2D eigenvalue weighted by Crippen LogP contribution is -2.34. The summed E-state index contributed by atoms with van der Waals surface area (Å²) in [6.45, 7) is 0. The summed E-state index contributed by atoms with van der Waals surface area (Å²) in [5, 5.41) is 0.486. The summed E-state index contributed by atoms with van der Waals surface area (Å²) in [6, 6.07) is 7.97. The molecular weight excluding hydrogens is 272 g/mol. The molecule has 0 radical (unpaired) electrons. The molecule has 2 aromatic heterocycles. The van der Waals surface area contributed by atoms with Crippen LogP contribution in [0.15, 0.2) is 36.7 Å². The van der Waals surface area contributed by atoms with E-state index in [0.717, 1.165) is 30.5 Å². The van der Waals surface area contributed by atoms with E-state index in [1.54, 1.807) is 6.20 Å². The molecule has 0 aromatic carbocycles. The Morgan fingerprint density at radius 1 is 1.30 bits per heavy atom. The van der Waals surface area contributed by atoms with Crippen molar-refractivity contribution >= 4 is 11.6 Å². The quantitative estimate of drug-likeness (QED) is 0.518. The summed E-state index contributed by atoms with van der Waals surface area (Å²) >= 11 is 5.99. The maximum atomic E-state index is 5.99. The van der Waals surface area contributed by atoms with E-state index in [-0.39, 0.29) is 12.0 Å². The van der Waals surface area contributed by atoms with Gasteiger partial charge in [-0.2, -0.15) is 0 Å². The van der Waals surface area contributed by atoms with Gasteiger partial charge in [0.15, 0.2) is 0 Å². The van der Waals surface area contributed by atoms with Crippen molar-refractivity contribution in [3.63, 3.8) is 0 Å². The summed E-state index contributed by atoms with van der Waals surface area (Å²) in [6.07, 6.45) is 6.88. The number of nitrogens with one attached hydrogen (secondary N) is 1. The second-order valence-electron chi connectivity index (χ2n) is 5.10. The molecule has 4 nitrogen and oxygen atoms in total. The van der Waals surface area contributed by atoms with Gasteiger partial charge in [0.1, 0.15) is 5.15 Å². The van der Waals surface area contributed by atoms with Gasteiger partial charge in [-0.25, -0.2) is 4.98 Å². The minimum Gasteiger partial charge on any atom is -0.271 e. The average Bonchev–Trinajstić information content (AvgIpc) is 2.48. The van der Waals surface area contributed by atoms with Crippen LogP contribution in [0.25, 0.3) is 0 Å². The van der Waals surface area contributed by atoms with Crippen LogP contribution in [-0.2, 0) is 6.42 Å². The minimum atomic E-state index is 0.00412. The number of aryl methyl sites for hydroxylation is 1. The first kappa shape index (κ1) is 13.5. The molecule has 0 bridgehead atoms. The van der Waals surface area contributed by atoms with Crippen LogP contribution in [0, 0.1) is 0 Å². The number of fused-ring (bicyclic) bond motifs is 1. The van der Waals surface area contributed by atoms with Gasteiger partial charge in [-0.05, 0) is 48.6 Å². The van der Waals surface area contributed by atoms with Crippen LogP contribution in [0.3, 0.4) is 0 Å². The standard InChI is InChI=1S/C15H17ClN4/c16-13-9-11(6-8-18-13)15(20-17)12-5-1-3-10-4-2-7-19-14(10)12/h2,4,6-9,12,15,20H,1,3,5,17H2. The maximum absolute atomic E-state index is 5.99. The van der Waals surface area contributed by atoms with Gasteiger partial charge in [0, 0.05) is 24.0 Å². The van der Waals surface area contributed by atoms with E-state index in [2.05, 4.69) is 21.5 Å². The number of hydrogen-bond acceptors (Lipinski definition) is 4. The highest BCUT2D eigenvalue weighted by Gasteiger charge is 2.29. The van der Waals surface area contributed by atoms with Crippen molar-refractivity contribution in [1.82, 2.24) is 15.4 Å². The van der Waals surface area contributed by atoms with E-state index in [9.17, 15) is 0 Å². The lowest BCUT2D eigenvalue weighted by molar-refractivity contribution is 0.399. The molecular formula is C15H17ClN4. The first-order valence-corrected chi connectivity index (χ1v) is 7.19. The van der Waals surface area contributed by atoms with Gasteiger partial charge in [0.25, 0.3) is 0 Å². The van der Waals surface area contributed by atoms with Crippen molar-refractivity contribution in [2.75, 3.05) is 0 Å². The van der Waals surface area contributed by atoms with Gasteiger partial charge >= 0.3 is 0 Å². The summed E-state index contributed by atoms with van der Waals surface area (Å²) in [5.74, 6) is 6.07. The normalized spacial score (nSPS) is 19.4. The molecule has 0 saturated carbocycles. The van der Waals surface area contributed by atoms with Crippen LogP contribution in [0.1, 0.15) is 41.6 Å². The zero-order valence-corrected chi connectivity index (χ0v) is 11.8. The van der Waals surface area contributed by atoms with Crippen molar-refractivity contribution in [3.05, 3.63) is 58.6 Å². The Morgan fingerprint density at radius 3 is 3.00 bits per heavy atom. The number of aromatic nitrogens is 2. The highest BCUT2D eigenvalue weighted by Crippen LogP contribution is 2.38. The van der Waals surface area contributed by atoms with Crippen LogP contribution in [-0.4, -0.2) is 9.97 Å². The third-order valence-corrected chi connectivity index (χ3v) is 4.14. The van der Waals surface area contributed by atoms with Crippen LogP contribution in [0.5, 0.6) is 0 Å². The predicted molar refractivity (Wildman–Crippen MR) is 79.2 cm³/mol. The molecule has 1 aliphatic carbocycles. The van der Waals surface area contributed by atoms with E-state index >= 15 is 0 Å². The second-order valence-corrected chi connectivity index (χ2v) is 5.49. The predicted octanol–water partition coefficient (Wildman–Crippen LogP) is 2.75. The summed E-state index contributed by atoms with van der Waals surface area (Å²) in [4.78, 5) is 8.60. The molecule has 3 N–H and O–H groups in total. The Kier molecular flexibility index (Phi) is 3.96. The van der Waals surface area contributed by atoms with E-state index in [0.29, 0.717) is 5.15 Å². The highest BCUT2D eigenvalue weighted by molar-refractivity contribution is 6.29. The smallest absolute Gasteiger partial charge is 0.129 e. The molecule has 20 heavy (non-hydrogen) atoms. The van der Waals surface area contributed by atoms with E-state index in [1.807, 2.05) is 24.4 Å². The Hall–Kier alpha value is -1.49. The molecule has 0 spiro atoms. The summed E-state index contributed by atoms with van der Waals surface area (Å²) < 4.78 is 0. The minimum absolute atomic E-state index is 0.00412. The number of pyridine rings is 2. The molecule has 1 aliphatic rings. The number of hydrogen-bond donors (Lipinski definition) is 2. The second kappa shape index (κ2) is 5.87. The molecule has 0 saturated heterocycles. The average molecular weight is 289 g/mol. The first-order valence-electron chi connectivity index (χ1n) is 6.81. The van der Waals surface area contributed by atoms with Crippen LogP contribution < -0.4 is 11.3 Å². The molecule has 0 fully saturated rings. The summed E-state index contributed by atoms with van der Waals surface area (Å²) in [7, 11) is 0. The number of halogens is 1. The van der Waals surface area contributed by atoms with Gasteiger partial charge in [-0.1, -0.05) is 17.7 Å². The van der Waals surface area contributed by atoms with E-state index < -0.39 is 0 Å². The fourth-order valence-electron chi connectivity index (χ4n) is 3.03. The van der Waals surface area contributed by atoms with Gasteiger partial charge in [0.2, 0.25) is 0 Å². The lowest BCUT2D eigenvalue weighted by Gasteiger charge is -2.31. The maximum Gasteiger partial charge on any atom is 0.129 e. The van der Waals surface area contributed by atoms with Gasteiger partial charge < -0.3 is 0 Å². The van der Waals surface area contributed by atoms with E-state index in [4.69, 9.17) is 17.4 Å². The molecule has 2 heterocycles. The number of nitrogens with zero attached hydrogens (tertiary/aromatic N) is 2. The number of nitrogens with two attached hydrogens (primary N) is 1. The third kappa shape index (κ3) is 2.54. The van der Waals surface area contributed by atoms with Crippen molar-refractivity contribution < 1.29 is 0 Å². The fourth-order valence-corrected chi connectivity index (χ4v) is 3.21. The Balaban J connectivity index is 1.99. The van der Waals surface area contributed by atoms with Crippen molar-refractivity contribution in [2.24, 2.45) is 5.84 Å². The molecule has 104 valence electrons. The van der Waals surface area contributed by atoms with Crippen molar-refractivity contribution in [2.45, 2.75) is 31.2 Å². The molecule has 3 rings (SSSR count). The zero-order chi connectivity index (χ0) is 13.9. The van der Waals surface area contributed by atoms with Crippen molar-refractivity contribution in [3.8, 4) is 0 Å². The monoisotopic (exact) mass is 288 g/mol. The third-order valence-electron chi connectivity index (χ3n) is 3.93. The first-order chi connectivity index (χ1) is 9.79. The van der Waals surface area contributed by atoms with Crippen molar-refractivity contribution in [1.29, 1.82) is 0 Å². The van der Waals surface area contributed by atoms with Crippen LogP contribution in [0.4, 0.5) is 0 Å². The van der Waals surface area contributed by atoms with Gasteiger partial charge in [-0.15, -0.1) is 0 Å². The fraction of sp³-hybridized carbons (Fsp3) is 0.333. The lowest BCUT2D eigenvalue weighted by atomic mass is 9.80. The molecule has 2 aromatic rings. The van der Waals surface area contributed by atoms with Crippen LogP contribution in [0.2, 0.25) is 5.15 Å². The summed E-state index contributed by atoms with van der Waals surface area (Å²) in [5.41, 5.74) is 6.45. The Labute approximate surface area is 123 Å². The van der Waals surface area contributed by atoms with E-state index in [1.165, 1.54) is 5.56 Å². The molecule has 5 heteroatoms. The highest BCUT2D eigenvalue weighted by atomic mass is 35.5. The van der Waals surface area contributed by atoms with Gasteiger partial charge in [-0.3, -0.25) is 16.3 Å².